The van der Waals surface area contributed by atoms with Crippen molar-refractivity contribution in [2.45, 2.75) is 12.2 Å². The Morgan fingerprint density at radius 1 is 0.724 bits per heavy atom. The van der Waals surface area contributed by atoms with Crippen LogP contribution in [0.15, 0.2) is 84.9 Å². The molecule has 1 aliphatic rings. The summed E-state index contributed by atoms with van der Waals surface area (Å²) in [6.45, 7) is -0.115. The van der Waals surface area contributed by atoms with Crippen LogP contribution in [-0.4, -0.2) is 23.3 Å². The molecule has 3 aromatic rings. The zero-order valence-electron chi connectivity index (χ0n) is 15.2. The van der Waals surface area contributed by atoms with Gasteiger partial charge in [-0.3, -0.25) is 4.79 Å². The number of esters is 2. The molecule has 0 spiro atoms. The number of benzene rings is 3. The van der Waals surface area contributed by atoms with Crippen molar-refractivity contribution in [3.8, 4) is 11.5 Å². The number of para-hydroxylation sites is 2. The molecule has 0 N–H and O–H groups in total. The molecule has 0 amide bonds. The first-order valence-corrected chi connectivity index (χ1v) is 8.92. The fraction of sp³-hybridized carbons (Fsp3) is 0.0870. The van der Waals surface area contributed by atoms with E-state index in [1.165, 1.54) is 24.3 Å². The molecule has 0 unspecified atom stereocenters. The van der Waals surface area contributed by atoms with E-state index in [2.05, 4.69) is 0 Å². The van der Waals surface area contributed by atoms with Crippen LogP contribution in [-0.2, 0) is 20.9 Å². The number of carbonyl (C=O) groups excluding carboxylic acids is 3. The van der Waals surface area contributed by atoms with Gasteiger partial charge in [-0.1, -0.05) is 60.7 Å². The van der Waals surface area contributed by atoms with Crippen LogP contribution in [0.3, 0.4) is 0 Å². The van der Waals surface area contributed by atoms with Crippen molar-refractivity contribution in [1.29, 1.82) is 0 Å². The summed E-state index contributed by atoms with van der Waals surface area (Å²) in [5.74, 6) is -2.76. The largest absolute Gasteiger partial charge is 0.424 e. The van der Waals surface area contributed by atoms with Crippen molar-refractivity contribution in [1.82, 2.24) is 0 Å². The molecule has 0 aromatic heterocycles. The van der Waals surface area contributed by atoms with Gasteiger partial charge in [-0.15, -0.1) is 0 Å². The van der Waals surface area contributed by atoms with Gasteiger partial charge in [0.1, 0.15) is 11.5 Å². The lowest BCUT2D eigenvalue weighted by atomic mass is 9.87. The first kappa shape index (κ1) is 18.6. The van der Waals surface area contributed by atoms with E-state index in [1.807, 2.05) is 0 Å². The van der Waals surface area contributed by atoms with Crippen LogP contribution < -0.4 is 9.47 Å². The molecule has 0 saturated heterocycles. The van der Waals surface area contributed by atoms with Crippen LogP contribution in [0.2, 0.25) is 0 Å². The van der Waals surface area contributed by atoms with E-state index < -0.39 is 23.3 Å². The predicted octanol–water partition coefficient (Wildman–Crippen LogP) is 3.35. The number of ether oxygens (including phenoxy) is 3. The van der Waals surface area contributed by atoms with Gasteiger partial charge in [-0.25, -0.2) is 9.59 Å². The molecule has 0 fully saturated rings. The maximum Gasteiger partial charge on any atom is 0.364 e. The fourth-order valence-electron chi connectivity index (χ4n) is 3.03. The molecule has 144 valence electrons. The Morgan fingerprint density at radius 3 is 1.76 bits per heavy atom. The number of rotatable bonds is 4. The minimum absolute atomic E-state index is 0.115. The molecule has 4 rings (SSSR count). The van der Waals surface area contributed by atoms with Crippen molar-refractivity contribution in [2.24, 2.45) is 0 Å². The highest BCUT2D eigenvalue weighted by Gasteiger charge is 2.60. The Labute approximate surface area is 166 Å². The van der Waals surface area contributed by atoms with E-state index in [4.69, 9.17) is 14.2 Å². The standard InChI is InChI=1S/C23H16O6/c24-20-19-14-8-7-9-16(19)15-27-23(20,21(25)28-17-10-3-1-4-11-17)22(26)29-18-12-5-2-6-13-18/h1-14H,15H2. The molecule has 0 atom stereocenters. The van der Waals surface area contributed by atoms with E-state index in [1.54, 1.807) is 60.7 Å². The van der Waals surface area contributed by atoms with Crippen LogP contribution in [0, 0.1) is 0 Å². The summed E-state index contributed by atoms with van der Waals surface area (Å²) >= 11 is 0. The minimum Gasteiger partial charge on any atom is -0.424 e. The second kappa shape index (κ2) is 7.69. The van der Waals surface area contributed by atoms with Gasteiger partial charge in [0.25, 0.3) is 0 Å². The SMILES string of the molecule is O=C(Oc1ccccc1)C1(C(=O)Oc2ccccc2)OCc2ccccc2C1=O. The average molecular weight is 388 g/mol. The highest BCUT2D eigenvalue weighted by atomic mass is 16.6. The van der Waals surface area contributed by atoms with E-state index in [0.29, 0.717) is 5.56 Å². The van der Waals surface area contributed by atoms with Gasteiger partial charge in [0.05, 0.1) is 6.61 Å². The van der Waals surface area contributed by atoms with Crippen LogP contribution in [0.1, 0.15) is 15.9 Å². The molecule has 29 heavy (non-hydrogen) atoms. The Hall–Kier alpha value is -3.77. The highest BCUT2D eigenvalue weighted by Crippen LogP contribution is 2.32. The van der Waals surface area contributed by atoms with E-state index in [9.17, 15) is 14.4 Å². The predicted molar refractivity (Wildman–Crippen MR) is 102 cm³/mol. The molecule has 0 aliphatic carbocycles. The van der Waals surface area contributed by atoms with Gasteiger partial charge < -0.3 is 14.2 Å². The third kappa shape index (κ3) is 3.41. The lowest BCUT2D eigenvalue weighted by molar-refractivity contribution is -0.174. The molecule has 0 saturated carbocycles. The third-order valence-corrected chi connectivity index (χ3v) is 4.51. The lowest BCUT2D eigenvalue weighted by Crippen LogP contribution is -2.60. The maximum atomic E-state index is 13.3. The molecule has 0 radical (unpaired) electrons. The van der Waals surface area contributed by atoms with Crippen molar-refractivity contribution in [2.75, 3.05) is 0 Å². The van der Waals surface area contributed by atoms with Gasteiger partial charge in [0.15, 0.2) is 0 Å². The Balaban J connectivity index is 1.74. The summed E-state index contributed by atoms with van der Waals surface area (Å²) in [5.41, 5.74) is -1.76. The molecule has 1 heterocycles. The first-order valence-electron chi connectivity index (χ1n) is 8.92. The number of hydrogen-bond acceptors (Lipinski definition) is 6. The van der Waals surface area contributed by atoms with Gasteiger partial charge >= 0.3 is 17.5 Å². The topological polar surface area (TPSA) is 78.9 Å². The summed E-state index contributed by atoms with van der Waals surface area (Å²) in [5, 5.41) is 0. The molecular weight excluding hydrogens is 372 g/mol. The zero-order chi connectivity index (χ0) is 20.3. The van der Waals surface area contributed by atoms with Gasteiger partial charge in [-0.2, -0.15) is 0 Å². The zero-order valence-corrected chi connectivity index (χ0v) is 15.2. The third-order valence-electron chi connectivity index (χ3n) is 4.51. The second-order valence-corrected chi connectivity index (χ2v) is 6.36. The minimum atomic E-state index is -2.56. The number of fused-ring (bicyclic) bond motifs is 1. The number of ketones is 1. The summed E-state index contributed by atoms with van der Waals surface area (Å²) < 4.78 is 16.2. The van der Waals surface area contributed by atoms with Crippen LogP contribution >= 0.6 is 0 Å². The van der Waals surface area contributed by atoms with E-state index in [-0.39, 0.29) is 23.7 Å². The van der Waals surface area contributed by atoms with E-state index in [0.717, 1.165) is 0 Å². The van der Waals surface area contributed by atoms with Crippen molar-refractivity contribution in [3.63, 3.8) is 0 Å². The molecular formula is C23H16O6. The first-order chi connectivity index (χ1) is 14.1. The van der Waals surface area contributed by atoms with Crippen LogP contribution in [0.25, 0.3) is 0 Å². The quantitative estimate of drug-likeness (QED) is 0.387. The second-order valence-electron chi connectivity index (χ2n) is 6.36. The molecule has 6 nitrogen and oxygen atoms in total. The Kier molecular flexibility index (Phi) is 4.93. The van der Waals surface area contributed by atoms with Crippen molar-refractivity contribution >= 4 is 17.7 Å². The van der Waals surface area contributed by atoms with Gasteiger partial charge in [0, 0.05) is 5.56 Å². The summed E-state index contributed by atoms with van der Waals surface area (Å²) in [6.07, 6.45) is 0. The molecule has 3 aromatic carbocycles. The van der Waals surface area contributed by atoms with Crippen molar-refractivity contribution < 1.29 is 28.6 Å². The number of hydrogen-bond donors (Lipinski definition) is 0. The Bertz CT molecular complexity index is 1010. The fourth-order valence-corrected chi connectivity index (χ4v) is 3.03. The van der Waals surface area contributed by atoms with E-state index >= 15 is 0 Å². The van der Waals surface area contributed by atoms with Crippen LogP contribution in [0.4, 0.5) is 0 Å². The number of Topliss-reactive ketones (excluding diaryl/α,β-unsaturated/α-hetero) is 1. The van der Waals surface area contributed by atoms with Gasteiger partial charge in [0.2, 0.25) is 5.78 Å². The normalized spacial score (nSPS) is 14.6. The van der Waals surface area contributed by atoms with Crippen LogP contribution in [0.5, 0.6) is 11.5 Å². The lowest BCUT2D eigenvalue weighted by Gasteiger charge is -2.32. The smallest absolute Gasteiger partial charge is 0.364 e. The Morgan fingerprint density at radius 2 is 1.21 bits per heavy atom. The molecule has 6 heteroatoms. The monoisotopic (exact) mass is 388 g/mol. The molecule has 0 bridgehead atoms. The summed E-state index contributed by atoms with van der Waals surface area (Å²) in [7, 11) is 0. The highest BCUT2D eigenvalue weighted by molar-refractivity contribution is 6.30. The molecule has 1 aliphatic heterocycles. The summed E-state index contributed by atoms with van der Waals surface area (Å²) in [4.78, 5) is 39.4. The number of carbonyl (C=O) groups is 3. The maximum absolute atomic E-state index is 13.3. The summed E-state index contributed by atoms with van der Waals surface area (Å²) in [6, 6.07) is 22.9. The average Bonchev–Trinajstić information content (AvgIpc) is 2.75. The van der Waals surface area contributed by atoms with Gasteiger partial charge in [-0.05, 0) is 29.8 Å². The van der Waals surface area contributed by atoms with Crippen molar-refractivity contribution in [3.05, 3.63) is 96.1 Å².